The molecule has 0 radical (unpaired) electrons. The molecule has 12 heavy (non-hydrogen) atoms. The molecule has 1 rings (SSSR count). The number of imidazole rings is 1. The first-order valence-corrected chi connectivity index (χ1v) is 4.87. The first-order chi connectivity index (χ1) is 5.88. The number of rotatable bonds is 5. The maximum atomic E-state index is 4.16. The van der Waals surface area contributed by atoms with E-state index in [0.29, 0.717) is 0 Å². The van der Waals surface area contributed by atoms with Crippen molar-refractivity contribution in [3.05, 3.63) is 18.2 Å². The summed E-state index contributed by atoms with van der Waals surface area (Å²) in [5.74, 6) is 0. The third-order valence-corrected chi connectivity index (χ3v) is 2.06. The number of nitrogens with zero attached hydrogens (tertiary/aromatic N) is 2. The van der Waals surface area contributed by atoms with Crippen molar-refractivity contribution >= 4 is 0 Å². The number of aryl methyl sites for hydroxylation is 2. The van der Waals surface area contributed by atoms with Crippen LogP contribution in [0.5, 0.6) is 0 Å². The van der Waals surface area contributed by atoms with E-state index >= 15 is 0 Å². The third-order valence-electron chi connectivity index (χ3n) is 2.06. The van der Waals surface area contributed by atoms with Crippen LogP contribution in [-0.2, 0) is 13.0 Å². The van der Waals surface area contributed by atoms with E-state index in [0.717, 1.165) is 13.0 Å². The molecule has 68 valence electrons. The van der Waals surface area contributed by atoms with Crippen molar-refractivity contribution in [2.45, 2.75) is 46.1 Å². The summed E-state index contributed by atoms with van der Waals surface area (Å²) in [7, 11) is 0. The molecule has 0 bridgehead atoms. The smallest absolute Gasteiger partial charge is 0.0948 e. The van der Waals surface area contributed by atoms with E-state index < -0.39 is 0 Å². The molecule has 1 aromatic rings. The highest BCUT2D eigenvalue weighted by molar-refractivity contribution is 4.97. The van der Waals surface area contributed by atoms with Crippen molar-refractivity contribution in [3.8, 4) is 0 Å². The fraction of sp³-hybridized carbons (Fsp3) is 0.700. The van der Waals surface area contributed by atoms with Gasteiger partial charge in [-0.3, -0.25) is 0 Å². The largest absolute Gasteiger partial charge is 0.335 e. The Morgan fingerprint density at radius 2 is 2.17 bits per heavy atom. The van der Waals surface area contributed by atoms with Gasteiger partial charge in [0.1, 0.15) is 0 Å². The molecule has 0 atom stereocenters. The topological polar surface area (TPSA) is 17.8 Å². The normalized spacial score (nSPS) is 10.5. The van der Waals surface area contributed by atoms with Gasteiger partial charge < -0.3 is 4.57 Å². The van der Waals surface area contributed by atoms with Crippen LogP contribution >= 0.6 is 0 Å². The molecule has 0 unspecified atom stereocenters. The van der Waals surface area contributed by atoms with Crippen molar-refractivity contribution in [2.75, 3.05) is 0 Å². The molecule has 0 N–H and O–H groups in total. The van der Waals surface area contributed by atoms with Gasteiger partial charge in [0.2, 0.25) is 0 Å². The van der Waals surface area contributed by atoms with Crippen LogP contribution in [0.4, 0.5) is 0 Å². The Labute approximate surface area is 74.6 Å². The summed E-state index contributed by atoms with van der Waals surface area (Å²) >= 11 is 0. The van der Waals surface area contributed by atoms with Crippen LogP contribution in [0.3, 0.4) is 0 Å². The lowest BCUT2D eigenvalue weighted by molar-refractivity contribution is 0.604. The van der Waals surface area contributed by atoms with E-state index in [4.69, 9.17) is 0 Å². The second-order valence-electron chi connectivity index (χ2n) is 3.18. The zero-order valence-corrected chi connectivity index (χ0v) is 8.08. The van der Waals surface area contributed by atoms with Gasteiger partial charge in [-0.25, -0.2) is 4.98 Å². The minimum absolute atomic E-state index is 1.13. The molecule has 0 aromatic carbocycles. The summed E-state index contributed by atoms with van der Waals surface area (Å²) < 4.78 is 2.27. The zero-order valence-electron chi connectivity index (χ0n) is 8.08. The Morgan fingerprint density at radius 1 is 1.33 bits per heavy atom. The number of aromatic nitrogens is 2. The van der Waals surface area contributed by atoms with Crippen molar-refractivity contribution in [2.24, 2.45) is 0 Å². The van der Waals surface area contributed by atoms with Gasteiger partial charge in [0.25, 0.3) is 0 Å². The molecule has 2 heteroatoms. The molecule has 2 nitrogen and oxygen atoms in total. The first kappa shape index (κ1) is 9.30. The average molecular weight is 166 g/mol. The van der Waals surface area contributed by atoms with Gasteiger partial charge in [-0.1, -0.05) is 26.7 Å². The summed E-state index contributed by atoms with van der Waals surface area (Å²) in [5, 5.41) is 0. The van der Waals surface area contributed by atoms with Crippen molar-refractivity contribution < 1.29 is 0 Å². The van der Waals surface area contributed by atoms with Gasteiger partial charge in [0.05, 0.1) is 6.33 Å². The van der Waals surface area contributed by atoms with Crippen LogP contribution in [0, 0.1) is 0 Å². The van der Waals surface area contributed by atoms with Gasteiger partial charge in [0.15, 0.2) is 0 Å². The lowest BCUT2D eigenvalue weighted by atomic mass is 10.2. The lowest BCUT2D eigenvalue weighted by Gasteiger charge is -2.05. The van der Waals surface area contributed by atoms with Gasteiger partial charge in [-0.2, -0.15) is 0 Å². The molecule has 0 spiro atoms. The van der Waals surface area contributed by atoms with E-state index in [1.54, 1.807) is 0 Å². The number of hydrogen-bond donors (Lipinski definition) is 0. The molecule has 0 saturated carbocycles. The third kappa shape index (κ3) is 2.36. The molecular weight excluding hydrogens is 148 g/mol. The molecular formula is C10H18N2. The maximum Gasteiger partial charge on any atom is 0.0948 e. The molecule has 0 fully saturated rings. The molecule has 0 aliphatic carbocycles. The summed E-state index contributed by atoms with van der Waals surface area (Å²) in [6, 6.07) is 0. The maximum absolute atomic E-state index is 4.16. The average Bonchev–Trinajstić information content (AvgIpc) is 2.50. The summed E-state index contributed by atoms with van der Waals surface area (Å²) in [6.45, 7) is 5.55. The highest BCUT2D eigenvalue weighted by atomic mass is 15.0. The predicted molar refractivity (Wildman–Crippen MR) is 51.1 cm³/mol. The van der Waals surface area contributed by atoms with Crippen molar-refractivity contribution in [3.63, 3.8) is 0 Å². The van der Waals surface area contributed by atoms with Crippen LogP contribution < -0.4 is 0 Å². The van der Waals surface area contributed by atoms with E-state index in [9.17, 15) is 0 Å². The Bertz CT molecular complexity index is 215. The van der Waals surface area contributed by atoms with Gasteiger partial charge >= 0.3 is 0 Å². The SMILES string of the molecule is CCCCn1cncc1CCC. The predicted octanol–water partition coefficient (Wildman–Crippen LogP) is 2.64. The Hall–Kier alpha value is -0.790. The summed E-state index contributed by atoms with van der Waals surface area (Å²) in [5.41, 5.74) is 1.38. The van der Waals surface area contributed by atoms with Gasteiger partial charge in [0, 0.05) is 18.4 Å². The Kier molecular flexibility index (Phi) is 3.85. The monoisotopic (exact) mass is 166 g/mol. The van der Waals surface area contributed by atoms with E-state index in [2.05, 4.69) is 23.4 Å². The highest BCUT2D eigenvalue weighted by Crippen LogP contribution is 2.04. The lowest BCUT2D eigenvalue weighted by Crippen LogP contribution is -2.01. The fourth-order valence-electron chi connectivity index (χ4n) is 1.34. The van der Waals surface area contributed by atoms with Crippen LogP contribution in [-0.4, -0.2) is 9.55 Å². The van der Waals surface area contributed by atoms with E-state index in [-0.39, 0.29) is 0 Å². The van der Waals surface area contributed by atoms with Crippen molar-refractivity contribution in [1.29, 1.82) is 0 Å². The molecule has 0 amide bonds. The number of unbranched alkanes of at least 4 members (excludes halogenated alkanes) is 1. The highest BCUT2D eigenvalue weighted by Gasteiger charge is 1.98. The Balaban J connectivity index is 2.51. The van der Waals surface area contributed by atoms with Gasteiger partial charge in [-0.15, -0.1) is 0 Å². The second kappa shape index (κ2) is 4.96. The molecule has 0 aliphatic rings. The van der Waals surface area contributed by atoms with E-state index in [1.807, 2.05) is 12.5 Å². The fourth-order valence-corrected chi connectivity index (χ4v) is 1.34. The summed E-state index contributed by atoms with van der Waals surface area (Å²) in [6.07, 6.45) is 8.80. The summed E-state index contributed by atoms with van der Waals surface area (Å²) in [4.78, 5) is 4.16. The minimum atomic E-state index is 1.13. The van der Waals surface area contributed by atoms with Gasteiger partial charge in [-0.05, 0) is 12.8 Å². The zero-order chi connectivity index (χ0) is 8.81. The second-order valence-corrected chi connectivity index (χ2v) is 3.18. The quantitative estimate of drug-likeness (QED) is 0.657. The molecule has 0 aliphatic heterocycles. The Morgan fingerprint density at radius 3 is 2.83 bits per heavy atom. The molecule has 1 aromatic heterocycles. The van der Waals surface area contributed by atoms with Crippen LogP contribution in [0.1, 0.15) is 38.8 Å². The minimum Gasteiger partial charge on any atom is -0.335 e. The standard InChI is InChI=1S/C10H18N2/c1-3-5-7-12-9-11-8-10(12)6-4-2/h8-9H,3-7H2,1-2H3. The first-order valence-electron chi connectivity index (χ1n) is 4.87. The van der Waals surface area contributed by atoms with Crippen molar-refractivity contribution in [1.82, 2.24) is 9.55 Å². The van der Waals surface area contributed by atoms with E-state index in [1.165, 1.54) is 25.0 Å². The van der Waals surface area contributed by atoms with Crippen LogP contribution in [0.15, 0.2) is 12.5 Å². The van der Waals surface area contributed by atoms with Crippen LogP contribution in [0.25, 0.3) is 0 Å². The molecule has 0 saturated heterocycles. The number of hydrogen-bond acceptors (Lipinski definition) is 1. The molecule has 1 heterocycles. The van der Waals surface area contributed by atoms with Crippen LogP contribution in [0.2, 0.25) is 0 Å².